The summed E-state index contributed by atoms with van der Waals surface area (Å²) in [5.41, 5.74) is 0.259. The summed E-state index contributed by atoms with van der Waals surface area (Å²) in [6, 6.07) is 3.95. The number of ether oxygens (including phenoxy) is 1. The summed E-state index contributed by atoms with van der Waals surface area (Å²) in [5.74, 6) is -1.48. The average Bonchev–Trinajstić information content (AvgIpc) is 3.28. The number of aromatic carboxylic acids is 1. The van der Waals surface area contributed by atoms with Crippen molar-refractivity contribution < 1.29 is 28.3 Å². The lowest BCUT2D eigenvalue weighted by Crippen LogP contribution is -2.25. The van der Waals surface area contributed by atoms with E-state index >= 15 is 0 Å². The molecule has 144 valence electrons. The second-order valence-electron chi connectivity index (χ2n) is 6.34. The molecule has 1 saturated heterocycles. The van der Waals surface area contributed by atoms with E-state index in [4.69, 9.17) is 9.26 Å². The molecule has 0 spiro atoms. The van der Waals surface area contributed by atoms with Gasteiger partial charge in [-0.3, -0.25) is 4.79 Å². The summed E-state index contributed by atoms with van der Waals surface area (Å²) >= 11 is 0. The van der Waals surface area contributed by atoms with Crippen molar-refractivity contribution in [2.45, 2.75) is 12.8 Å². The van der Waals surface area contributed by atoms with Crippen LogP contribution >= 0.6 is 0 Å². The minimum absolute atomic E-state index is 0.0198. The van der Waals surface area contributed by atoms with E-state index in [-0.39, 0.29) is 34.7 Å². The minimum Gasteiger partial charge on any atom is -0.494 e. The van der Waals surface area contributed by atoms with Crippen LogP contribution in [0.4, 0.5) is 10.2 Å². The number of carbonyl (C=O) groups is 2. The van der Waals surface area contributed by atoms with Crippen molar-refractivity contribution in [2.24, 2.45) is 5.92 Å². The van der Waals surface area contributed by atoms with Crippen molar-refractivity contribution in [1.82, 2.24) is 10.5 Å². The van der Waals surface area contributed by atoms with Crippen LogP contribution in [0.3, 0.4) is 0 Å². The number of rotatable bonds is 6. The monoisotopic (exact) mass is 377 g/mol. The number of methoxy groups -OCH3 is 1. The number of amides is 1. The number of anilines is 1. The molecule has 1 unspecified atom stereocenters. The first-order valence-corrected chi connectivity index (χ1v) is 8.47. The van der Waals surface area contributed by atoms with Gasteiger partial charge in [0.2, 0.25) is 5.91 Å². The van der Waals surface area contributed by atoms with Gasteiger partial charge in [0.25, 0.3) is 0 Å². The van der Waals surface area contributed by atoms with Crippen molar-refractivity contribution in [2.75, 3.05) is 32.1 Å². The summed E-state index contributed by atoms with van der Waals surface area (Å²) in [5, 5.41) is 16.2. The standard InChI is InChI=1S/C18H20FN3O5/c1-20-14(23)7-10-5-6-22(9-10)17-15(18(24)25)16(27-21-17)11-3-4-12(19)13(8-11)26-2/h3-4,8,10H,5-7,9H2,1-2H3,(H,20,23)(H,24,25). The smallest absolute Gasteiger partial charge is 0.343 e. The zero-order valence-corrected chi connectivity index (χ0v) is 15.0. The normalized spacial score (nSPS) is 16.4. The van der Waals surface area contributed by atoms with E-state index < -0.39 is 11.8 Å². The number of benzene rings is 1. The predicted octanol–water partition coefficient (Wildman–Crippen LogP) is 2.15. The second kappa shape index (κ2) is 7.65. The van der Waals surface area contributed by atoms with Crippen LogP contribution in [0.2, 0.25) is 0 Å². The van der Waals surface area contributed by atoms with Crippen molar-refractivity contribution in [3.05, 3.63) is 29.6 Å². The van der Waals surface area contributed by atoms with Gasteiger partial charge in [-0.05, 0) is 30.5 Å². The predicted molar refractivity (Wildman–Crippen MR) is 94.4 cm³/mol. The molecule has 27 heavy (non-hydrogen) atoms. The Labute approximate surface area is 154 Å². The minimum atomic E-state index is -1.20. The van der Waals surface area contributed by atoms with E-state index in [1.165, 1.54) is 25.3 Å². The topological polar surface area (TPSA) is 105 Å². The number of nitrogens with zero attached hydrogens (tertiary/aromatic N) is 2. The molecule has 3 rings (SSSR count). The van der Waals surface area contributed by atoms with Crippen molar-refractivity contribution >= 4 is 17.7 Å². The molecule has 1 fully saturated rings. The Kier molecular flexibility index (Phi) is 5.29. The van der Waals surface area contributed by atoms with Crippen LogP contribution in [0.5, 0.6) is 5.75 Å². The molecule has 1 aromatic carbocycles. The van der Waals surface area contributed by atoms with Gasteiger partial charge in [-0.25, -0.2) is 9.18 Å². The van der Waals surface area contributed by atoms with Crippen LogP contribution in [0.15, 0.2) is 22.7 Å². The largest absolute Gasteiger partial charge is 0.494 e. The first-order chi connectivity index (χ1) is 12.9. The zero-order chi connectivity index (χ0) is 19.6. The number of nitrogens with one attached hydrogen (secondary N) is 1. The number of carboxylic acids is 1. The Morgan fingerprint density at radius 1 is 1.48 bits per heavy atom. The van der Waals surface area contributed by atoms with Crippen LogP contribution in [0, 0.1) is 11.7 Å². The van der Waals surface area contributed by atoms with E-state index in [0.29, 0.717) is 25.1 Å². The molecule has 2 heterocycles. The van der Waals surface area contributed by atoms with E-state index in [1.54, 1.807) is 11.9 Å². The Balaban J connectivity index is 1.91. The Hall–Kier alpha value is -3.10. The van der Waals surface area contributed by atoms with Crippen LogP contribution < -0.4 is 15.0 Å². The van der Waals surface area contributed by atoms with Crippen molar-refractivity contribution in [3.8, 4) is 17.1 Å². The van der Waals surface area contributed by atoms with Crippen LogP contribution in [0.25, 0.3) is 11.3 Å². The quantitative estimate of drug-likeness (QED) is 0.795. The maximum Gasteiger partial charge on any atom is 0.343 e. The van der Waals surface area contributed by atoms with Crippen LogP contribution in [-0.2, 0) is 4.79 Å². The summed E-state index contributed by atoms with van der Waals surface area (Å²) in [7, 11) is 2.90. The number of hydrogen-bond donors (Lipinski definition) is 2. The number of carboxylic acid groups (broad SMARTS) is 1. The molecule has 0 saturated carbocycles. The fraction of sp³-hybridized carbons (Fsp3) is 0.389. The molecular weight excluding hydrogens is 357 g/mol. The van der Waals surface area contributed by atoms with Gasteiger partial charge in [0.05, 0.1) is 7.11 Å². The number of hydrogen-bond acceptors (Lipinski definition) is 6. The maximum atomic E-state index is 13.6. The van der Waals surface area contributed by atoms with Crippen LogP contribution in [0.1, 0.15) is 23.2 Å². The number of carbonyl (C=O) groups excluding carboxylic acids is 1. The molecule has 0 aliphatic carbocycles. The zero-order valence-electron chi connectivity index (χ0n) is 15.0. The highest BCUT2D eigenvalue weighted by molar-refractivity contribution is 5.99. The Morgan fingerprint density at radius 3 is 2.93 bits per heavy atom. The fourth-order valence-corrected chi connectivity index (χ4v) is 3.24. The fourth-order valence-electron chi connectivity index (χ4n) is 3.24. The lowest BCUT2D eigenvalue weighted by Gasteiger charge is -2.15. The Bertz CT molecular complexity index is 867. The molecule has 2 aromatic rings. The molecule has 1 amide bonds. The SMILES string of the molecule is CNC(=O)CC1CCN(c2noc(-c3ccc(F)c(OC)c3)c2C(=O)O)C1. The lowest BCUT2D eigenvalue weighted by molar-refractivity contribution is -0.121. The summed E-state index contributed by atoms with van der Waals surface area (Å²) in [6.07, 6.45) is 1.12. The molecule has 1 aromatic heterocycles. The average molecular weight is 377 g/mol. The molecule has 1 aliphatic heterocycles. The third-order valence-electron chi connectivity index (χ3n) is 4.64. The summed E-state index contributed by atoms with van der Waals surface area (Å²) < 4.78 is 23.9. The highest BCUT2D eigenvalue weighted by Gasteiger charge is 2.32. The highest BCUT2D eigenvalue weighted by Crippen LogP contribution is 2.36. The molecule has 1 aliphatic rings. The van der Waals surface area contributed by atoms with Gasteiger partial charge in [0.15, 0.2) is 28.7 Å². The van der Waals surface area contributed by atoms with E-state index in [2.05, 4.69) is 10.5 Å². The highest BCUT2D eigenvalue weighted by atomic mass is 19.1. The first-order valence-electron chi connectivity index (χ1n) is 8.47. The maximum absolute atomic E-state index is 13.6. The van der Waals surface area contributed by atoms with Gasteiger partial charge in [0, 0.05) is 32.1 Å². The summed E-state index contributed by atoms with van der Waals surface area (Å²) in [6.45, 7) is 1.08. The van der Waals surface area contributed by atoms with Gasteiger partial charge in [-0.1, -0.05) is 5.16 Å². The van der Waals surface area contributed by atoms with Gasteiger partial charge in [-0.15, -0.1) is 0 Å². The van der Waals surface area contributed by atoms with Gasteiger partial charge in [-0.2, -0.15) is 0 Å². The lowest BCUT2D eigenvalue weighted by atomic mass is 10.0. The third-order valence-corrected chi connectivity index (χ3v) is 4.64. The van der Waals surface area contributed by atoms with Gasteiger partial charge < -0.3 is 24.6 Å². The first kappa shape index (κ1) is 18.7. The molecule has 1 atom stereocenters. The molecule has 0 bridgehead atoms. The molecule has 0 radical (unpaired) electrons. The molecule has 8 nitrogen and oxygen atoms in total. The van der Waals surface area contributed by atoms with Crippen LogP contribution in [-0.4, -0.2) is 49.4 Å². The molecule has 9 heteroatoms. The van der Waals surface area contributed by atoms with Crippen molar-refractivity contribution in [3.63, 3.8) is 0 Å². The van der Waals surface area contributed by atoms with Crippen molar-refractivity contribution in [1.29, 1.82) is 0 Å². The van der Waals surface area contributed by atoms with E-state index in [1.807, 2.05) is 0 Å². The third kappa shape index (κ3) is 3.71. The number of halogens is 1. The molecule has 2 N–H and O–H groups in total. The van der Waals surface area contributed by atoms with E-state index in [0.717, 1.165) is 6.42 Å². The number of aromatic nitrogens is 1. The second-order valence-corrected chi connectivity index (χ2v) is 6.34. The Morgan fingerprint density at radius 2 is 2.26 bits per heavy atom. The summed E-state index contributed by atoms with van der Waals surface area (Å²) in [4.78, 5) is 25.2. The molecular formula is C18H20FN3O5. The van der Waals surface area contributed by atoms with E-state index in [9.17, 15) is 19.1 Å². The van der Waals surface area contributed by atoms with Gasteiger partial charge >= 0.3 is 5.97 Å². The van der Waals surface area contributed by atoms with Gasteiger partial charge in [0.1, 0.15) is 0 Å².